The van der Waals surface area contributed by atoms with Crippen molar-refractivity contribution in [3.8, 4) is 34.8 Å². The third kappa shape index (κ3) is 6.55. The van der Waals surface area contributed by atoms with Crippen LogP contribution in [0.15, 0.2) is 90.3 Å². The Balaban J connectivity index is 1.40. The average molecular weight is 632 g/mol. The van der Waals surface area contributed by atoms with Crippen LogP contribution in [0.1, 0.15) is 46.3 Å². The van der Waals surface area contributed by atoms with Crippen molar-refractivity contribution in [3.05, 3.63) is 123 Å². The number of allylic oxidation sites excluding steroid dienone is 1. The Morgan fingerprint density at radius 1 is 0.977 bits per heavy atom. The molecule has 0 saturated heterocycles. The van der Waals surface area contributed by atoms with Gasteiger partial charge in [-0.25, -0.2) is 4.79 Å². The van der Waals surface area contributed by atoms with Crippen molar-refractivity contribution in [2.45, 2.75) is 25.9 Å². The first kappa shape index (κ1) is 30.6. The van der Waals surface area contributed by atoms with Crippen molar-refractivity contribution in [2.75, 3.05) is 13.7 Å². The molecule has 0 amide bonds. The van der Waals surface area contributed by atoms with E-state index in [-0.39, 0.29) is 32.8 Å². The summed E-state index contributed by atoms with van der Waals surface area (Å²) in [7, 11) is 1.55. The lowest BCUT2D eigenvalue weighted by Gasteiger charge is -2.27. The van der Waals surface area contributed by atoms with Gasteiger partial charge in [0.05, 0.1) is 35.2 Å². The highest BCUT2D eigenvalue weighted by molar-refractivity contribution is 6.37. The van der Waals surface area contributed by atoms with E-state index < -0.39 is 11.9 Å². The van der Waals surface area contributed by atoms with E-state index in [9.17, 15) is 10.1 Å². The number of carbonyl (C=O) groups is 1. The third-order valence-corrected chi connectivity index (χ3v) is 7.41. The highest BCUT2D eigenvalue weighted by atomic mass is 35.5. The highest BCUT2D eigenvalue weighted by Crippen LogP contribution is 2.45. The summed E-state index contributed by atoms with van der Waals surface area (Å²) in [6.07, 6.45) is 0.773. The number of halogens is 2. The van der Waals surface area contributed by atoms with Crippen molar-refractivity contribution in [1.29, 1.82) is 5.26 Å². The van der Waals surface area contributed by atoms with Crippen LogP contribution in [0, 0.1) is 11.3 Å². The molecule has 5 rings (SSSR count). The van der Waals surface area contributed by atoms with Gasteiger partial charge in [-0.2, -0.15) is 5.26 Å². The van der Waals surface area contributed by atoms with Crippen molar-refractivity contribution >= 4 is 29.2 Å². The summed E-state index contributed by atoms with van der Waals surface area (Å²) < 4.78 is 28.6. The lowest BCUT2D eigenvalue weighted by molar-refractivity contribution is 0.0734. The molecule has 0 aromatic heterocycles. The Bertz CT molecular complexity index is 1740. The summed E-state index contributed by atoms with van der Waals surface area (Å²) in [5, 5.41) is 10.4. The maximum Gasteiger partial charge on any atom is 0.343 e. The molecule has 1 unspecified atom stereocenters. The number of methoxy groups -OCH3 is 1. The number of hydrogen-bond donors (Lipinski definition) is 1. The molecular weight excluding hydrogens is 603 g/mol. The number of esters is 1. The molecule has 4 aromatic rings. The number of nitrogens with zero attached hydrogens (tertiary/aromatic N) is 1. The quantitative estimate of drug-likeness (QED) is 0.139. The van der Waals surface area contributed by atoms with Gasteiger partial charge in [-0.05, 0) is 47.9 Å². The molecular formula is C34H28Cl2N2O6. The smallest absolute Gasteiger partial charge is 0.343 e. The minimum absolute atomic E-state index is 0.0573. The molecule has 0 aliphatic carbocycles. The zero-order valence-corrected chi connectivity index (χ0v) is 25.4. The van der Waals surface area contributed by atoms with E-state index >= 15 is 0 Å². The molecule has 0 saturated carbocycles. The Hall–Kier alpha value is -4.84. The lowest BCUT2D eigenvalue weighted by Crippen LogP contribution is -2.21. The Kier molecular flexibility index (Phi) is 9.49. The molecule has 224 valence electrons. The minimum atomic E-state index is -0.680. The second-order valence-electron chi connectivity index (χ2n) is 9.82. The first-order valence-electron chi connectivity index (χ1n) is 13.7. The molecule has 0 radical (unpaired) electrons. The van der Waals surface area contributed by atoms with Gasteiger partial charge in [0.2, 0.25) is 5.88 Å². The van der Waals surface area contributed by atoms with Crippen molar-refractivity contribution in [1.82, 2.24) is 0 Å². The van der Waals surface area contributed by atoms with Gasteiger partial charge in [0.15, 0.2) is 17.2 Å². The number of benzene rings is 4. The van der Waals surface area contributed by atoms with Crippen LogP contribution in [0.2, 0.25) is 10.0 Å². The number of ether oxygens (including phenoxy) is 5. The predicted molar refractivity (Wildman–Crippen MR) is 167 cm³/mol. The molecule has 0 fully saturated rings. The maximum absolute atomic E-state index is 13.0. The summed E-state index contributed by atoms with van der Waals surface area (Å²) in [4.78, 5) is 13.0. The number of nitriles is 1. The van der Waals surface area contributed by atoms with Crippen LogP contribution < -0.4 is 29.4 Å². The van der Waals surface area contributed by atoms with Gasteiger partial charge < -0.3 is 29.4 Å². The van der Waals surface area contributed by atoms with E-state index in [1.54, 1.807) is 31.4 Å². The number of fused-ring (bicyclic) bond motifs is 1. The van der Waals surface area contributed by atoms with Gasteiger partial charge in [0.1, 0.15) is 29.7 Å². The van der Waals surface area contributed by atoms with Crippen LogP contribution in [0.4, 0.5) is 0 Å². The molecule has 0 spiro atoms. The Morgan fingerprint density at radius 3 is 2.41 bits per heavy atom. The summed E-state index contributed by atoms with van der Waals surface area (Å²) >= 11 is 12.6. The standard InChI is InChI=1S/C34H28Cl2N2O6/c1-3-13-41-32-26(35)14-22(15-27(32)36)34(39)43-23-10-11-24-29(17-23)44-33(38)25(18-37)31(24)21-9-12-28(30(16-21)40-2)42-19-20-7-5-4-6-8-20/h4-12,14-17,31H,3,13,19,38H2,1-2H3. The van der Waals surface area contributed by atoms with Crippen LogP contribution in [-0.4, -0.2) is 19.7 Å². The van der Waals surface area contributed by atoms with Crippen LogP contribution in [-0.2, 0) is 6.61 Å². The zero-order valence-electron chi connectivity index (χ0n) is 23.9. The molecule has 1 heterocycles. The molecule has 8 nitrogen and oxygen atoms in total. The zero-order chi connectivity index (χ0) is 31.2. The van der Waals surface area contributed by atoms with Crippen LogP contribution >= 0.6 is 23.2 Å². The Labute approximate surface area is 265 Å². The number of nitrogens with two attached hydrogens (primary N) is 1. The average Bonchev–Trinajstić information content (AvgIpc) is 3.03. The predicted octanol–water partition coefficient (Wildman–Crippen LogP) is 7.81. The van der Waals surface area contributed by atoms with E-state index in [0.29, 0.717) is 41.8 Å². The molecule has 4 aromatic carbocycles. The van der Waals surface area contributed by atoms with Crippen LogP contribution in [0.5, 0.6) is 28.7 Å². The fourth-order valence-corrected chi connectivity index (χ4v) is 5.34. The van der Waals surface area contributed by atoms with Gasteiger partial charge in [-0.1, -0.05) is 72.6 Å². The van der Waals surface area contributed by atoms with E-state index in [1.807, 2.05) is 43.3 Å². The second-order valence-corrected chi connectivity index (χ2v) is 10.6. The number of hydrogen-bond acceptors (Lipinski definition) is 8. The molecule has 10 heteroatoms. The van der Waals surface area contributed by atoms with Crippen LogP contribution in [0.3, 0.4) is 0 Å². The molecule has 1 aliphatic heterocycles. The summed E-state index contributed by atoms with van der Waals surface area (Å²) in [6, 6.07) is 25.2. The summed E-state index contributed by atoms with van der Waals surface area (Å²) in [5.74, 6) is 0.577. The number of carbonyl (C=O) groups excluding carboxylic acids is 1. The molecule has 1 aliphatic rings. The molecule has 44 heavy (non-hydrogen) atoms. The SMILES string of the molecule is CCCOc1c(Cl)cc(C(=O)Oc2ccc3c(c2)OC(N)=C(C#N)C3c2ccc(OCc3ccccc3)c(OC)c2)cc1Cl. The molecule has 1 atom stereocenters. The fourth-order valence-electron chi connectivity index (χ4n) is 4.75. The van der Waals surface area contributed by atoms with E-state index in [0.717, 1.165) is 17.5 Å². The fraction of sp³-hybridized carbons (Fsp3) is 0.176. The van der Waals surface area contributed by atoms with Crippen molar-refractivity contribution in [2.24, 2.45) is 5.73 Å². The maximum atomic E-state index is 13.0. The second kappa shape index (κ2) is 13.6. The van der Waals surface area contributed by atoms with E-state index in [2.05, 4.69) is 6.07 Å². The van der Waals surface area contributed by atoms with Gasteiger partial charge in [-0.15, -0.1) is 0 Å². The normalized spacial score (nSPS) is 13.8. The first-order valence-corrected chi connectivity index (χ1v) is 14.5. The van der Waals surface area contributed by atoms with E-state index in [4.69, 9.17) is 52.6 Å². The van der Waals surface area contributed by atoms with Gasteiger partial charge in [0, 0.05) is 11.6 Å². The first-order chi connectivity index (χ1) is 21.3. The summed E-state index contributed by atoms with van der Waals surface area (Å²) in [5.41, 5.74) is 8.98. The largest absolute Gasteiger partial charge is 0.493 e. The number of rotatable bonds is 10. The minimum Gasteiger partial charge on any atom is -0.493 e. The van der Waals surface area contributed by atoms with Gasteiger partial charge in [-0.3, -0.25) is 0 Å². The van der Waals surface area contributed by atoms with Crippen molar-refractivity contribution < 1.29 is 28.5 Å². The monoisotopic (exact) mass is 630 g/mol. The Morgan fingerprint density at radius 2 is 1.73 bits per heavy atom. The topological polar surface area (TPSA) is 113 Å². The summed E-state index contributed by atoms with van der Waals surface area (Å²) in [6.45, 7) is 2.76. The van der Waals surface area contributed by atoms with E-state index in [1.165, 1.54) is 18.2 Å². The third-order valence-electron chi connectivity index (χ3n) is 6.84. The van der Waals surface area contributed by atoms with Crippen molar-refractivity contribution in [3.63, 3.8) is 0 Å². The van der Waals surface area contributed by atoms with Gasteiger partial charge in [0.25, 0.3) is 0 Å². The van der Waals surface area contributed by atoms with Gasteiger partial charge >= 0.3 is 5.97 Å². The molecule has 0 bridgehead atoms. The lowest BCUT2D eigenvalue weighted by atomic mass is 9.83. The highest BCUT2D eigenvalue weighted by Gasteiger charge is 2.32. The molecule has 2 N–H and O–H groups in total. The van der Waals surface area contributed by atoms with Crippen LogP contribution in [0.25, 0.3) is 0 Å².